The van der Waals surface area contributed by atoms with E-state index in [2.05, 4.69) is 4.98 Å². The molecule has 0 saturated heterocycles. The van der Waals surface area contributed by atoms with Crippen molar-refractivity contribution in [3.8, 4) is 12.1 Å². The molecule has 5 rings (SSSR count). The maximum absolute atomic E-state index is 12.8. The molecule has 0 spiro atoms. The fraction of sp³-hybridized carbons (Fsp3) is 0. The highest BCUT2D eigenvalue weighted by atomic mass is 32.2. The van der Waals surface area contributed by atoms with Gasteiger partial charge in [-0.15, -0.1) is 11.3 Å². The number of rotatable bonds is 5. The fourth-order valence-electron chi connectivity index (χ4n) is 3.70. The van der Waals surface area contributed by atoms with Crippen molar-refractivity contribution < 1.29 is 14.5 Å². The van der Waals surface area contributed by atoms with Crippen molar-refractivity contribution in [2.45, 2.75) is 9.24 Å². The molecule has 2 heterocycles. The Morgan fingerprint density at radius 1 is 1.03 bits per heavy atom. The number of nitrogens with zero attached hydrogens (tertiary/aromatic N) is 5. The van der Waals surface area contributed by atoms with E-state index in [1.807, 2.05) is 0 Å². The monoisotopic (exact) mass is 509 g/mol. The van der Waals surface area contributed by atoms with Crippen LogP contribution in [-0.2, 0) is 0 Å². The number of carbonyl (C=O) groups is 2. The number of thiazole rings is 1. The summed E-state index contributed by atoms with van der Waals surface area (Å²) in [5.41, 5.74) is 1.76. The Morgan fingerprint density at radius 2 is 1.72 bits per heavy atom. The van der Waals surface area contributed by atoms with Gasteiger partial charge in [-0.25, -0.2) is 9.88 Å². The molecule has 0 unspecified atom stereocenters. The summed E-state index contributed by atoms with van der Waals surface area (Å²) in [6.45, 7) is 0. The number of hydrogen-bond acceptors (Lipinski definition) is 9. The van der Waals surface area contributed by atoms with Gasteiger partial charge in [-0.1, -0.05) is 30.0 Å². The summed E-state index contributed by atoms with van der Waals surface area (Å²) in [4.78, 5) is 42.7. The maximum atomic E-state index is 12.8. The van der Waals surface area contributed by atoms with Crippen LogP contribution in [0.25, 0.3) is 16.3 Å². The Hall–Kier alpha value is -4.84. The normalized spacial score (nSPS) is 12.2. The largest absolute Gasteiger partial charge is 0.283 e. The fourth-order valence-corrected chi connectivity index (χ4v) is 5.84. The van der Waals surface area contributed by atoms with Gasteiger partial charge in [0.15, 0.2) is 4.34 Å². The van der Waals surface area contributed by atoms with E-state index in [0.717, 1.165) is 16.7 Å². The van der Waals surface area contributed by atoms with Crippen molar-refractivity contribution in [1.82, 2.24) is 4.98 Å². The van der Waals surface area contributed by atoms with Gasteiger partial charge in [0.2, 0.25) is 0 Å². The third-order valence-electron chi connectivity index (χ3n) is 5.33. The molecule has 1 aliphatic rings. The number of benzene rings is 3. The smallest absolute Gasteiger partial charge is 0.268 e. The van der Waals surface area contributed by atoms with E-state index in [4.69, 9.17) is 10.5 Å². The van der Waals surface area contributed by atoms with Crippen LogP contribution in [0.1, 0.15) is 26.3 Å². The highest BCUT2D eigenvalue weighted by Crippen LogP contribution is 2.40. The first-order chi connectivity index (χ1) is 17.4. The molecule has 0 fully saturated rings. The Morgan fingerprint density at radius 3 is 2.36 bits per heavy atom. The van der Waals surface area contributed by atoms with Crippen LogP contribution in [0.4, 0.5) is 11.4 Å². The molecular formula is C25H11N5O4S2. The number of imide groups is 1. The third kappa shape index (κ3) is 3.99. The summed E-state index contributed by atoms with van der Waals surface area (Å²) in [6, 6.07) is 19.5. The number of nitro groups is 1. The minimum Gasteiger partial charge on any atom is -0.268 e. The molecule has 4 aromatic rings. The molecule has 1 aromatic heterocycles. The van der Waals surface area contributed by atoms with E-state index in [0.29, 0.717) is 41.8 Å². The van der Waals surface area contributed by atoms with Crippen LogP contribution in [0.3, 0.4) is 0 Å². The second kappa shape index (κ2) is 9.07. The zero-order valence-corrected chi connectivity index (χ0v) is 19.7. The summed E-state index contributed by atoms with van der Waals surface area (Å²) >= 11 is 2.38. The zero-order chi connectivity index (χ0) is 25.4. The van der Waals surface area contributed by atoms with Gasteiger partial charge in [0.05, 0.1) is 36.8 Å². The summed E-state index contributed by atoms with van der Waals surface area (Å²) in [5.74, 6) is -0.787. The van der Waals surface area contributed by atoms with E-state index in [1.54, 1.807) is 60.7 Å². The number of carbonyl (C=O) groups excluding carboxylic acids is 2. The minimum atomic E-state index is -0.536. The number of anilines is 1. The highest BCUT2D eigenvalue weighted by Gasteiger charge is 2.36. The predicted molar refractivity (Wildman–Crippen MR) is 134 cm³/mol. The van der Waals surface area contributed by atoms with Gasteiger partial charge in [-0.3, -0.25) is 19.7 Å². The zero-order valence-electron chi connectivity index (χ0n) is 18.0. The number of nitriles is 2. The number of aromatic nitrogens is 1. The lowest BCUT2D eigenvalue weighted by atomic mass is 10.1. The molecule has 0 atom stereocenters. The second-order valence-corrected chi connectivity index (χ2v) is 9.81. The molecule has 2 amide bonds. The lowest BCUT2D eigenvalue weighted by Crippen LogP contribution is -2.29. The Bertz CT molecular complexity index is 1680. The molecular weight excluding hydrogens is 498 g/mol. The van der Waals surface area contributed by atoms with E-state index < -0.39 is 16.7 Å². The lowest BCUT2D eigenvalue weighted by Gasteiger charge is -2.13. The van der Waals surface area contributed by atoms with Crippen LogP contribution in [-0.4, -0.2) is 21.7 Å². The van der Waals surface area contributed by atoms with Gasteiger partial charge >= 0.3 is 0 Å². The first kappa shape index (κ1) is 22.9. The standard InChI is InChI=1S/C25H11N5O4S2/c26-12-15(13-27)9-14-5-8-21(20(10-14)30(33)34)35-25-28-19-7-6-16(11-22(19)36-25)29-23(31)17-3-1-2-4-18(17)24(29)32/h1-11H. The van der Waals surface area contributed by atoms with Gasteiger partial charge in [-0.05, 0) is 48.0 Å². The number of fused-ring (bicyclic) bond motifs is 2. The minimum absolute atomic E-state index is 0.162. The van der Waals surface area contributed by atoms with Crippen molar-refractivity contribution >= 4 is 62.6 Å². The van der Waals surface area contributed by atoms with Gasteiger partial charge < -0.3 is 0 Å². The number of allylic oxidation sites excluding steroid dienone is 1. The van der Waals surface area contributed by atoms with Crippen molar-refractivity contribution in [2.75, 3.05) is 4.90 Å². The summed E-state index contributed by atoms with van der Waals surface area (Å²) < 4.78 is 1.24. The molecule has 0 radical (unpaired) electrons. The lowest BCUT2D eigenvalue weighted by molar-refractivity contribution is -0.387. The van der Waals surface area contributed by atoms with E-state index in [-0.39, 0.29) is 11.3 Å². The average molecular weight is 510 g/mol. The topological polar surface area (TPSA) is 141 Å². The Labute approximate surface area is 211 Å². The van der Waals surface area contributed by atoms with E-state index in [1.165, 1.54) is 29.5 Å². The number of amides is 2. The summed E-state index contributed by atoms with van der Waals surface area (Å²) in [6.07, 6.45) is 1.28. The first-order valence-corrected chi connectivity index (χ1v) is 11.9. The van der Waals surface area contributed by atoms with Crippen molar-refractivity contribution in [1.29, 1.82) is 10.5 Å². The molecule has 1 aliphatic heterocycles. The first-order valence-electron chi connectivity index (χ1n) is 10.3. The average Bonchev–Trinajstić information content (AvgIpc) is 3.40. The van der Waals surface area contributed by atoms with Crippen LogP contribution in [0.15, 0.2) is 75.5 Å². The molecule has 9 nitrogen and oxygen atoms in total. The summed E-state index contributed by atoms with van der Waals surface area (Å²) in [5, 5.41) is 29.5. The molecule has 11 heteroatoms. The molecule has 0 N–H and O–H groups in total. The van der Waals surface area contributed by atoms with Crippen LogP contribution in [0.5, 0.6) is 0 Å². The Kier molecular flexibility index (Phi) is 5.78. The summed E-state index contributed by atoms with van der Waals surface area (Å²) in [7, 11) is 0. The number of hydrogen-bond donors (Lipinski definition) is 0. The van der Waals surface area contributed by atoms with Crippen LogP contribution in [0.2, 0.25) is 0 Å². The van der Waals surface area contributed by atoms with Gasteiger partial charge in [0, 0.05) is 6.07 Å². The van der Waals surface area contributed by atoms with Gasteiger partial charge in [0.25, 0.3) is 17.5 Å². The quantitative estimate of drug-likeness (QED) is 0.147. The van der Waals surface area contributed by atoms with E-state index >= 15 is 0 Å². The van der Waals surface area contributed by atoms with Crippen LogP contribution in [0, 0.1) is 32.8 Å². The van der Waals surface area contributed by atoms with Crippen LogP contribution >= 0.6 is 23.1 Å². The number of nitro benzene ring substituents is 1. The molecule has 0 bridgehead atoms. The Balaban J connectivity index is 1.46. The maximum Gasteiger partial charge on any atom is 0.283 e. The van der Waals surface area contributed by atoms with Crippen molar-refractivity contribution in [3.63, 3.8) is 0 Å². The van der Waals surface area contributed by atoms with Crippen LogP contribution < -0.4 is 4.90 Å². The molecule has 0 aliphatic carbocycles. The predicted octanol–water partition coefficient (Wildman–Crippen LogP) is 5.59. The van der Waals surface area contributed by atoms with Gasteiger partial charge in [-0.2, -0.15) is 10.5 Å². The second-order valence-electron chi connectivity index (χ2n) is 7.49. The van der Waals surface area contributed by atoms with E-state index in [9.17, 15) is 19.7 Å². The third-order valence-corrected chi connectivity index (χ3v) is 7.48. The van der Waals surface area contributed by atoms with Crippen molar-refractivity contribution in [2.24, 2.45) is 0 Å². The van der Waals surface area contributed by atoms with Gasteiger partial charge in [0.1, 0.15) is 17.7 Å². The molecule has 36 heavy (non-hydrogen) atoms. The SMILES string of the molecule is N#CC(C#N)=Cc1ccc(Sc2nc3ccc(N4C(=O)c5ccccc5C4=O)cc3s2)c([N+](=O)[O-])c1. The highest BCUT2D eigenvalue weighted by molar-refractivity contribution is 8.01. The molecule has 3 aromatic carbocycles. The molecule has 0 saturated carbocycles. The van der Waals surface area contributed by atoms with Crippen molar-refractivity contribution in [3.05, 3.63) is 93.0 Å². The molecule has 172 valence electrons.